The lowest BCUT2D eigenvalue weighted by Crippen LogP contribution is -2.68. The minimum Gasteiger partial charge on any atom is -0.466 e. The van der Waals surface area contributed by atoms with Gasteiger partial charge in [0.15, 0.2) is 0 Å². The van der Waals surface area contributed by atoms with E-state index in [1.54, 1.807) is 34.9 Å². The van der Waals surface area contributed by atoms with Crippen molar-refractivity contribution in [2.24, 2.45) is 0 Å². The van der Waals surface area contributed by atoms with Crippen LogP contribution in [0.5, 0.6) is 0 Å². The summed E-state index contributed by atoms with van der Waals surface area (Å²) >= 11 is 7.73. The van der Waals surface area contributed by atoms with Gasteiger partial charge in [-0.3, -0.25) is 14.4 Å². The van der Waals surface area contributed by atoms with Crippen LogP contribution in [-0.4, -0.2) is 47.9 Å². The van der Waals surface area contributed by atoms with Crippen molar-refractivity contribution in [3.63, 3.8) is 0 Å². The summed E-state index contributed by atoms with van der Waals surface area (Å²) in [7, 11) is 0. The molecule has 0 saturated carbocycles. The van der Waals surface area contributed by atoms with Crippen LogP contribution in [0, 0.1) is 0 Å². The van der Waals surface area contributed by atoms with Crippen molar-refractivity contribution < 1.29 is 19.1 Å². The fraction of sp³-hybridized carbons (Fsp3) is 0.346. The molecule has 1 atom stereocenters. The predicted molar refractivity (Wildman–Crippen MR) is 136 cm³/mol. The van der Waals surface area contributed by atoms with E-state index in [-0.39, 0.29) is 24.2 Å². The van der Waals surface area contributed by atoms with Crippen LogP contribution in [0.15, 0.2) is 53.9 Å². The Morgan fingerprint density at radius 3 is 2.68 bits per heavy atom. The maximum absolute atomic E-state index is 13.9. The molecular formula is C26H27ClN2O4S. The summed E-state index contributed by atoms with van der Waals surface area (Å²) < 4.78 is 6.06. The van der Waals surface area contributed by atoms with E-state index < -0.39 is 5.54 Å². The van der Waals surface area contributed by atoms with Crippen LogP contribution in [0.3, 0.4) is 0 Å². The number of benzene rings is 2. The van der Waals surface area contributed by atoms with E-state index in [9.17, 15) is 14.4 Å². The Balaban J connectivity index is 1.58. The number of likely N-dealkylation sites (tertiary alicyclic amines) is 1. The average molecular weight is 499 g/mol. The van der Waals surface area contributed by atoms with E-state index in [4.69, 9.17) is 16.3 Å². The number of nitrogens with zero attached hydrogens (tertiary/aromatic N) is 2. The molecular weight excluding hydrogens is 472 g/mol. The highest BCUT2D eigenvalue weighted by molar-refractivity contribution is 7.17. The van der Waals surface area contributed by atoms with Crippen molar-refractivity contribution in [3.8, 4) is 0 Å². The molecule has 2 heterocycles. The molecule has 0 bridgehead atoms. The molecule has 8 heteroatoms. The zero-order valence-electron chi connectivity index (χ0n) is 19.3. The minimum atomic E-state index is -0.980. The fourth-order valence-electron chi connectivity index (χ4n) is 4.29. The fourth-order valence-corrected chi connectivity index (χ4v) is 5.41. The van der Waals surface area contributed by atoms with Gasteiger partial charge in [-0.2, -0.15) is 0 Å². The van der Waals surface area contributed by atoms with E-state index in [2.05, 4.69) is 0 Å². The minimum absolute atomic E-state index is 0.142. The van der Waals surface area contributed by atoms with Crippen LogP contribution in [0.25, 0.3) is 10.1 Å². The Morgan fingerprint density at radius 2 is 1.97 bits per heavy atom. The molecule has 0 N–H and O–H groups in total. The molecule has 4 rings (SSSR count). The molecule has 6 nitrogen and oxygen atoms in total. The second kappa shape index (κ2) is 10.2. The lowest BCUT2D eigenvalue weighted by atomic mass is 9.84. The smallest absolute Gasteiger partial charge is 0.305 e. The molecule has 2 amide bonds. The molecule has 2 aromatic carbocycles. The Bertz CT molecular complexity index is 1230. The predicted octanol–water partition coefficient (Wildman–Crippen LogP) is 5.54. The zero-order valence-corrected chi connectivity index (χ0v) is 20.8. The lowest BCUT2D eigenvalue weighted by molar-refractivity contribution is -0.143. The van der Waals surface area contributed by atoms with Crippen LogP contribution >= 0.6 is 22.9 Å². The molecule has 34 heavy (non-hydrogen) atoms. The van der Waals surface area contributed by atoms with Gasteiger partial charge in [-0.25, -0.2) is 0 Å². The van der Waals surface area contributed by atoms with Crippen LogP contribution in [-0.2, 0) is 14.3 Å². The lowest BCUT2D eigenvalue weighted by Gasteiger charge is -2.50. The standard InChI is InChI=1S/C26H27ClN2O4S/c1-3-33-23(30)12-7-14-28(19-9-6-8-18(27)16-19)25(32)26(2)13-15-29(26)24(31)21-17-34-22-11-5-4-10-20(21)22/h4-6,8-11,16-17H,3,7,12-15H2,1-2H3. The van der Waals surface area contributed by atoms with Gasteiger partial charge in [0.25, 0.3) is 11.8 Å². The van der Waals surface area contributed by atoms with Gasteiger partial charge in [-0.1, -0.05) is 35.9 Å². The van der Waals surface area contributed by atoms with Gasteiger partial charge in [-0.05, 0) is 51.0 Å². The Hall–Kier alpha value is -2.90. The molecule has 3 aromatic rings. The number of thiophene rings is 1. The molecule has 1 aliphatic heterocycles. The number of hydrogen-bond acceptors (Lipinski definition) is 5. The molecule has 0 radical (unpaired) electrons. The average Bonchev–Trinajstić information content (AvgIpc) is 3.25. The highest BCUT2D eigenvalue weighted by Gasteiger charge is 2.51. The van der Waals surface area contributed by atoms with Crippen LogP contribution in [0.2, 0.25) is 5.02 Å². The summed E-state index contributed by atoms with van der Waals surface area (Å²) in [6, 6.07) is 14.9. The normalized spacial score (nSPS) is 17.3. The number of amides is 2. The largest absolute Gasteiger partial charge is 0.466 e. The van der Waals surface area contributed by atoms with Gasteiger partial charge in [-0.15, -0.1) is 11.3 Å². The van der Waals surface area contributed by atoms with Gasteiger partial charge >= 0.3 is 5.97 Å². The van der Waals surface area contributed by atoms with Crippen molar-refractivity contribution in [2.45, 2.75) is 38.6 Å². The van der Waals surface area contributed by atoms with Crippen LogP contribution in [0.4, 0.5) is 5.69 Å². The summed E-state index contributed by atoms with van der Waals surface area (Å²) in [4.78, 5) is 42.5. The van der Waals surface area contributed by atoms with Gasteiger partial charge in [0.1, 0.15) is 5.54 Å². The van der Waals surface area contributed by atoms with Crippen LogP contribution in [0.1, 0.15) is 43.5 Å². The topological polar surface area (TPSA) is 66.9 Å². The first-order valence-corrected chi connectivity index (χ1v) is 12.6. The van der Waals surface area contributed by atoms with Crippen molar-refractivity contribution in [1.29, 1.82) is 0 Å². The van der Waals surface area contributed by atoms with Gasteiger partial charge in [0.05, 0.1) is 12.2 Å². The number of anilines is 1. The van der Waals surface area contributed by atoms with Gasteiger partial charge in [0.2, 0.25) is 0 Å². The summed E-state index contributed by atoms with van der Waals surface area (Å²) in [5.74, 6) is -0.619. The summed E-state index contributed by atoms with van der Waals surface area (Å²) in [6.07, 6.45) is 1.21. The highest BCUT2D eigenvalue weighted by atomic mass is 35.5. The number of hydrogen-bond donors (Lipinski definition) is 0. The molecule has 1 saturated heterocycles. The Kier molecular flexibility index (Phi) is 7.24. The van der Waals surface area contributed by atoms with Gasteiger partial charge in [0, 0.05) is 45.7 Å². The van der Waals surface area contributed by atoms with E-state index in [0.717, 1.165) is 10.1 Å². The Labute approximate surface area is 208 Å². The molecule has 1 unspecified atom stereocenters. The first kappa shape index (κ1) is 24.2. The Morgan fingerprint density at radius 1 is 1.18 bits per heavy atom. The number of esters is 1. The first-order chi connectivity index (χ1) is 16.3. The third-order valence-corrected chi connectivity index (χ3v) is 7.47. The monoisotopic (exact) mass is 498 g/mol. The zero-order chi connectivity index (χ0) is 24.3. The number of halogens is 1. The quantitative estimate of drug-likeness (QED) is 0.383. The number of carbonyl (C=O) groups is 3. The van der Waals surface area contributed by atoms with E-state index >= 15 is 0 Å². The third-order valence-electron chi connectivity index (χ3n) is 6.27. The third kappa shape index (κ3) is 4.68. The van der Waals surface area contributed by atoms with Gasteiger partial charge < -0.3 is 14.5 Å². The van der Waals surface area contributed by atoms with Crippen molar-refractivity contribution in [1.82, 2.24) is 4.90 Å². The van der Waals surface area contributed by atoms with E-state index in [1.165, 1.54) is 11.3 Å². The summed E-state index contributed by atoms with van der Waals surface area (Å²) in [5, 5.41) is 3.28. The summed E-state index contributed by atoms with van der Waals surface area (Å²) in [6.45, 7) is 4.73. The van der Waals surface area contributed by atoms with E-state index in [1.807, 2.05) is 42.6 Å². The van der Waals surface area contributed by atoms with E-state index in [0.29, 0.717) is 48.8 Å². The van der Waals surface area contributed by atoms with Crippen LogP contribution < -0.4 is 4.90 Å². The highest BCUT2D eigenvalue weighted by Crippen LogP contribution is 2.37. The number of rotatable bonds is 8. The molecule has 1 aromatic heterocycles. The molecule has 178 valence electrons. The number of carbonyl (C=O) groups excluding carboxylic acids is 3. The second-order valence-electron chi connectivity index (χ2n) is 8.47. The molecule has 1 aliphatic rings. The maximum Gasteiger partial charge on any atom is 0.305 e. The van der Waals surface area contributed by atoms with Crippen molar-refractivity contribution >= 4 is 56.5 Å². The van der Waals surface area contributed by atoms with Crippen molar-refractivity contribution in [3.05, 3.63) is 64.5 Å². The number of fused-ring (bicyclic) bond motifs is 1. The molecule has 0 aliphatic carbocycles. The molecule has 0 spiro atoms. The molecule has 1 fully saturated rings. The summed E-state index contributed by atoms with van der Waals surface area (Å²) in [5.41, 5.74) is 0.283. The first-order valence-electron chi connectivity index (χ1n) is 11.4. The number of ether oxygens (including phenoxy) is 1. The second-order valence-corrected chi connectivity index (χ2v) is 9.82. The SMILES string of the molecule is CCOC(=O)CCCN(C(=O)C1(C)CCN1C(=O)c1csc2ccccc12)c1cccc(Cl)c1. The maximum atomic E-state index is 13.9. The van der Waals surface area contributed by atoms with Crippen molar-refractivity contribution in [2.75, 3.05) is 24.6 Å².